The van der Waals surface area contributed by atoms with Crippen LogP contribution in [0.3, 0.4) is 0 Å². The van der Waals surface area contributed by atoms with E-state index in [0.717, 1.165) is 44.3 Å². The number of ether oxygens (including phenoxy) is 1. The van der Waals surface area contributed by atoms with E-state index in [-0.39, 0.29) is 16.6 Å². The average Bonchev–Trinajstić information content (AvgIpc) is 3.14. The largest absolute Gasteiger partial charge is 0.492 e. The predicted octanol–water partition coefficient (Wildman–Crippen LogP) is 4.38. The van der Waals surface area contributed by atoms with Gasteiger partial charge in [-0.25, -0.2) is 8.42 Å². The minimum atomic E-state index is -3.40. The lowest BCUT2D eigenvalue weighted by molar-refractivity contribution is -0.121. The second-order valence-electron chi connectivity index (χ2n) is 9.11. The van der Waals surface area contributed by atoms with E-state index >= 15 is 0 Å². The van der Waals surface area contributed by atoms with Crippen LogP contribution in [-0.2, 0) is 34.3 Å². The van der Waals surface area contributed by atoms with Gasteiger partial charge in [-0.2, -0.15) is 0 Å². The molecule has 0 spiro atoms. The lowest BCUT2D eigenvalue weighted by atomic mass is 9.81. The summed E-state index contributed by atoms with van der Waals surface area (Å²) in [7, 11) is -3.40. The van der Waals surface area contributed by atoms with E-state index in [1.807, 2.05) is 6.07 Å². The van der Waals surface area contributed by atoms with Crippen molar-refractivity contribution in [3.05, 3.63) is 59.2 Å². The normalized spacial score (nSPS) is 21.6. The van der Waals surface area contributed by atoms with Crippen molar-refractivity contribution in [2.75, 3.05) is 12.9 Å². The number of hydrogen-bond donors (Lipinski definition) is 0. The van der Waals surface area contributed by atoms with Crippen LogP contribution in [0.5, 0.6) is 5.75 Å². The van der Waals surface area contributed by atoms with Gasteiger partial charge in [0, 0.05) is 31.8 Å². The molecule has 166 valence electrons. The molecule has 1 aliphatic carbocycles. The number of fused-ring (bicyclic) bond motifs is 1. The summed E-state index contributed by atoms with van der Waals surface area (Å²) >= 11 is 0. The second kappa shape index (κ2) is 9.13. The average molecular weight is 442 g/mol. The Morgan fingerprint density at radius 2 is 1.68 bits per heavy atom. The third-order valence-electron chi connectivity index (χ3n) is 6.62. The Hall–Kier alpha value is -2.18. The monoisotopic (exact) mass is 441 g/mol. The van der Waals surface area contributed by atoms with Crippen LogP contribution < -0.4 is 4.74 Å². The van der Waals surface area contributed by atoms with Crippen LogP contribution in [0.1, 0.15) is 49.3 Å². The van der Waals surface area contributed by atoms with E-state index in [1.165, 1.54) is 17.4 Å². The molecule has 0 radical (unpaired) electrons. The van der Waals surface area contributed by atoms with Gasteiger partial charge < -0.3 is 4.74 Å². The topological polar surface area (TPSA) is 63.7 Å². The molecule has 1 heterocycles. The molecule has 0 atom stereocenters. The first-order chi connectivity index (χ1) is 14.8. The van der Waals surface area contributed by atoms with Crippen LogP contribution in [-0.4, -0.2) is 32.0 Å². The SMILES string of the molecule is CC(=O)[C@H]1CC[C@H](COc2ccc(CN3Cc4ccccc4C3)cc2S(C)(=O)=O)CC1. The van der Waals surface area contributed by atoms with E-state index in [0.29, 0.717) is 24.8 Å². The van der Waals surface area contributed by atoms with Crippen LogP contribution in [0.2, 0.25) is 0 Å². The third kappa shape index (κ3) is 5.36. The van der Waals surface area contributed by atoms with Crippen LogP contribution >= 0.6 is 0 Å². The number of carbonyl (C=O) groups is 1. The maximum Gasteiger partial charge on any atom is 0.179 e. The summed E-state index contributed by atoms with van der Waals surface area (Å²) in [5.41, 5.74) is 3.65. The smallest absolute Gasteiger partial charge is 0.179 e. The van der Waals surface area contributed by atoms with Crippen molar-refractivity contribution in [3.8, 4) is 5.75 Å². The Kier molecular flexibility index (Phi) is 6.49. The Labute approximate surface area is 185 Å². The van der Waals surface area contributed by atoms with Gasteiger partial charge >= 0.3 is 0 Å². The molecular weight excluding hydrogens is 410 g/mol. The fraction of sp³-hybridized carbons (Fsp3) is 0.480. The zero-order chi connectivity index (χ0) is 22.0. The Balaban J connectivity index is 1.41. The van der Waals surface area contributed by atoms with Gasteiger partial charge in [-0.3, -0.25) is 9.69 Å². The number of hydrogen-bond acceptors (Lipinski definition) is 5. The Bertz CT molecular complexity index is 1030. The lowest BCUT2D eigenvalue weighted by Gasteiger charge is -2.27. The van der Waals surface area contributed by atoms with Crippen molar-refractivity contribution >= 4 is 15.6 Å². The Morgan fingerprint density at radius 3 is 2.26 bits per heavy atom. The molecule has 1 aliphatic heterocycles. The summed E-state index contributed by atoms with van der Waals surface area (Å²) in [6.07, 6.45) is 4.94. The zero-order valence-electron chi connectivity index (χ0n) is 18.3. The van der Waals surface area contributed by atoms with Crippen molar-refractivity contribution in [1.82, 2.24) is 4.90 Å². The minimum absolute atomic E-state index is 0.179. The van der Waals surface area contributed by atoms with Gasteiger partial charge in [-0.15, -0.1) is 0 Å². The Morgan fingerprint density at radius 1 is 1.03 bits per heavy atom. The molecule has 4 rings (SSSR count). The first kappa shape index (κ1) is 22.0. The van der Waals surface area contributed by atoms with Gasteiger partial charge in [0.1, 0.15) is 16.4 Å². The van der Waals surface area contributed by atoms with E-state index in [9.17, 15) is 13.2 Å². The summed E-state index contributed by atoms with van der Waals surface area (Å²) in [4.78, 5) is 14.1. The van der Waals surface area contributed by atoms with Gasteiger partial charge in [0.05, 0.1) is 6.61 Å². The molecule has 2 aromatic carbocycles. The van der Waals surface area contributed by atoms with Gasteiger partial charge in [0.25, 0.3) is 0 Å². The van der Waals surface area contributed by atoms with Crippen molar-refractivity contribution in [3.63, 3.8) is 0 Å². The van der Waals surface area contributed by atoms with E-state index in [4.69, 9.17) is 4.74 Å². The molecule has 0 saturated heterocycles. The zero-order valence-corrected chi connectivity index (χ0v) is 19.2. The van der Waals surface area contributed by atoms with E-state index < -0.39 is 9.84 Å². The van der Waals surface area contributed by atoms with Crippen LogP contribution in [0.15, 0.2) is 47.4 Å². The molecule has 0 N–H and O–H groups in total. The van der Waals surface area contributed by atoms with Crippen molar-refractivity contribution in [2.24, 2.45) is 11.8 Å². The molecule has 2 aromatic rings. The first-order valence-electron chi connectivity index (χ1n) is 11.0. The quantitative estimate of drug-likeness (QED) is 0.638. The van der Waals surface area contributed by atoms with Crippen molar-refractivity contribution in [2.45, 2.75) is 57.1 Å². The van der Waals surface area contributed by atoms with Crippen LogP contribution in [0.25, 0.3) is 0 Å². The molecule has 0 bridgehead atoms. The fourth-order valence-electron chi connectivity index (χ4n) is 4.78. The molecule has 31 heavy (non-hydrogen) atoms. The highest BCUT2D eigenvalue weighted by Crippen LogP contribution is 2.32. The maximum atomic E-state index is 12.5. The number of sulfone groups is 1. The fourth-order valence-corrected chi connectivity index (χ4v) is 5.63. The number of Topliss-reactive ketones (excluding diaryl/α,β-unsaturated/α-hetero) is 1. The van der Waals surface area contributed by atoms with Gasteiger partial charge in [-0.1, -0.05) is 30.3 Å². The maximum absolute atomic E-state index is 12.5. The summed E-state index contributed by atoms with van der Waals surface area (Å²) in [5, 5.41) is 0. The molecule has 6 heteroatoms. The molecule has 0 aromatic heterocycles. The molecular formula is C25H31NO4S. The summed E-state index contributed by atoms with van der Waals surface area (Å²) in [5.74, 6) is 1.25. The van der Waals surface area contributed by atoms with E-state index in [1.54, 1.807) is 19.1 Å². The van der Waals surface area contributed by atoms with Gasteiger partial charge in [0.15, 0.2) is 9.84 Å². The summed E-state index contributed by atoms with van der Waals surface area (Å²) in [6, 6.07) is 14.0. The predicted molar refractivity (Wildman–Crippen MR) is 121 cm³/mol. The van der Waals surface area contributed by atoms with Crippen LogP contribution in [0.4, 0.5) is 0 Å². The number of benzene rings is 2. The highest BCUT2D eigenvalue weighted by molar-refractivity contribution is 7.90. The molecule has 0 amide bonds. The lowest BCUT2D eigenvalue weighted by Crippen LogP contribution is -2.23. The second-order valence-corrected chi connectivity index (χ2v) is 11.1. The molecule has 1 fully saturated rings. The number of nitrogens with zero attached hydrogens (tertiary/aromatic N) is 1. The molecule has 0 unspecified atom stereocenters. The molecule has 2 aliphatic rings. The summed E-state index contributed by atoms with van der Waals surface area (Å²) in [6.45, 7) is 4.62. The number of rotatable bonds is 7. The summed E-state index contributed by atoms with van der Waals surface area (Å²) < 4.78 is 30.9. The van der Waals surface area contributed by atoms with Crippen molar-refractivity contribution in [1.29, 1.82) is 0 Å². The standard InChI is InChI=1S/C25H31NO4S/c1-18(27)21-10-7-19(8-11-21)17-30-24-12-9-20(13-25(24)31(2,28)29)14-26-15-22-5-3-4-6-23(22)16-26/h3-6,9,12-13,19,21H,7-8,10-11,14-17H2,1-2H3/t19-,21-. The number of ketones is 1. The molecule has 1 saturated carbocycles. The van der Waals surface area contributed by atoms with Crippen LogP contribution in [0, 0.1) is 11.8 Å². The van der Waals surface area contributed by atoms with E-state index in [2.05, 4.69) is 29.2 Å². The minimum Gasteiger partial charge on any atom is -0.492 e. The third-order valence-corrected chi connectivity index (χ3v) is 7.73. The van der Waals surface area contributed by atoms with Crippen molar-refractivity contribution < 1.29 is 17.9 Å². The van der Waals surface area contributed by atoms with Gasteiger partial charge in [0.2, 0.25) is 0 Å². The first-order valence-corrected chi connectivity index (χ1v) is 12.9. The number of carbonyl (C=O) groups excluding carboxylic acids is 1. The highest BCUT2D eigenvalue weighted by Gasteiger charge is 2.25. The van der Waals surface area contributed by atoms with Gasteiger partial charge in [-0.05, 0) is 67.3 Å². The molecule has 5 nitrogen and oxygen atoms in total. The highest BCUT2D eigenvalue weighted by atomic mass is 32.2.